The molecule has 0 radical (unpaired) electrons. The van der Waals surface area contributed by atoms with Crippen molar-refractivity contribution in [2.24, 2.45) is 0 Å². The fourth-order valence-corrected chi connectivity index (χ4v) is 11.1. The first-order valence-corrected chi connectivity index (χ1v) is 21.3. The third-order valence-electron chi connectivity index (χ3n) is 11.5. The van der Waals surface area contributed by atoms with Crippen LogP contribution in [0.25, 0.3) is 72.7 Å². The summed E-state index contributed by atoms with van der Waals surface area (Å²) in [5.74, 6) is 0. The second kappa shape index (κ2) is 13.3. The van der Waals surface area contributed by atoms with E-state index in [2.05, 4.69) is 216 Å². The van der Waals surface area contributed by atoms with E-state index < -0.39 is 0 Å². The van der Waals surface area contributed by atoms with Crippen molar-refractivity contribution in [2.45, 2.75) is 0 Å². The molecule has 0 atom stereocenters. The minimum absolute atomic E-state index is 1.14. The molecular formula is C54H34N2S2. The highest BCUT2D eigenvalue weighted by molar-refractivity contribution is 7.26. The van der Waals surface area contributed by atoms with Crippen LogP contribution in [0.4, 0.5) is 34.1 Å². The van der Waals surface area contributed by atoms with Gasteiger partial charge in [0.05, 0.1) is 11.4 Å². The highest BCUT2D eigenvalue weighted by Gasteiger charge is 2.19. The van der Waals surface area contributed by atoms with Crippen LogP contribution in [-0.4, -0.2) is 0 Å². The molecule has 4 heteroatoms. The van der Waals surface area contributed by atoms with Crippen molar-refractivity contribution in [1.29, 1.82) is 0 Å². The quantitative estimate of drug-likeness (QED) is 0.166. The highest BCUT2D eigenvalue weighted by atomic mass is 32.1. The van der Waals surface area contributed by atoms with Crippen LogP contribution in [0, 0.1) is 0 Å². The maximum absolute atomic E-state index is 2.43. The molecule has 2 heterocycles. The van der Waals surface area contributed by atoms with Crippen LogP contribution < -0.4 is 9.80 Å². The summed E-state index contributed by atoms with van der Waals surface area (Å²) < 4.78 is 5.22. The molecule has 0 saturated carbocycles. The van der Waals surface area contributed by atoms with Gasteiger partial charge in [-0.25, -0.2) is 0 Å². The standard InChI is InChI=1S/C54H34N2S2/c1-3-17-39(18-4-1)55(49-23-11-15-35-13-7-9-21-43(35)49)41-25-27-51-47(33-41)45-29-37-30-46-48-34-42(26-28-52(48)58-54(46)32-38(37)31-53(45)57-51)56(40-19-5-2-6-20-40)50-24-12-16-36-14-8-10-22-44(36)50/h1-34H. The molecule has 0 bridgehead atoms. The topological polar surface area (TPSA) is 6.48 Å². The zero-order chi connectivity index (χ0) is 38.2. The van der Waals surface area contributed by atoms with E-state index in [0.717, 1.165) is 22.7 Å². The molecule has 0 aliphatic heterocycles. The normalized spacial score (nSPS) is 11.8. The Bertz CT molecular complexity index is 3290. The van der Waals surface area contributed by atoms with Gasteiger partial charge in [0, 0.05) is 73.9 Å². The fraction of sp³-hybridized carbons (Fsp3) is 0. The smallest absolute Gasteiger partial charge is 0.0540 e. The SMILES string of the molecule is c1ccc(N(c2ccc3sc4cc5cc6sc7ccc(N(c8ccccc8)c8cccc9ccccc89)cc7c6cc5cc4c3c2)c2cccc3ccccc23)cc1. The van der Waals surface area contributed by atoms with Crippen LogP contribution in [0.1, 0.15) is 0 Å². The van der Waals surface area contributed by atoms with Gasteiger partial charge in [0.15, 0.2) is 0 Å². The summed E-state index contributed by atoms with van der Waals surface area (Å²) in [5, 5.41) is 12.6. The lowest BCUT2D eigenvalue weighted by atomic mass is 10.0. The lowest BCUT2D eigenvalue weighted by Crippen LogP contribution is -2.10. The molecule has 58 heavy (non-hydrogen) atoms. The Morgan fingerprint density at radius 3 is 1.12 bits per heavy atom. The van der Waals surface area contributed by atoms with Crippen LogP contribution in [0.5, 0.6) is 0 Å². The van der Waals surface area contributed by atoms with E-state index in [1.807, 2.05) is 22.7 Å². The Morgan fingerprint density at radius 1 is 0.241 bits per heavy atom. The summed E-state index contributed by atoms with van der Waals surface area (Å²) >= 11 is 3.77. The highest BCUT2D eigenvalue weighted by Crippen LogP contribution is 2.46. The predicted octanol–water partition coefficient (Wildman–Crippen LogP) is 16.8. The summed E-state index contributed by atoms with van der Waals surface area (Å²) in [5.41, 5.74) is 6.92. The first-order valence-electron chi connectivity index (χ1n) is 19.7. The summed E-state index contributed by atoms with van der Waals surface area (Å²) in [6, 6.07) is 75.7. The van der Waals surface area contributed by atoms with Gasteiger partial charge in [-0.1, -0.05) is 109 Å². The Hall–Kier alpha value is -6.98. The largest absolute Gasteiger partial charge is 0.310 e. The van der Waals surface area contributed by atoms with Crippen LogP contribution in [0.15, 0.2) is 206 Å². The number of hydrogen-bond donors (Lipinski definition) is 0. The fourth-order valence-electron chi connectivity index (χ4n) is 8.86. The molecule has 2 aromatic heterocycles. The first kappa shape index (κ1) is 33.2. The Labute approximate surface area is 343 Å². The third kappa shape index (κ3) is 5.37. The number of rotatable bonds is 6. The van der Waals surface area contributed by atoms with E-state index >= 15 is 0 Å². The van der Waals surface area contributed by atoms with E-state index in [0.29, 0.717) is 0 Å². The molecule has 0 amide bonds. The van der Waals surface area contributed by atoms with Crippen molar-refractivity contribution in [3.05, 3.63) is 206 Å². The van der Waals surface area contributed by atoms with E-state index in [1.165, 1.54) is 84.0 Å². The summed E-state index contributed by atoms with van der Waals surface area (Å²) in [6.45, 7) is 0. The molecule has 2 nitrogen and oxygen atoms in total. The zero-order valence-corrected chi connectivity index (χ0v) is 33.0. The van der Waals surface area contributed by atoms with E-state index in [1.54, 1.807) is 0 Å². The molecular weight excluding hydrogens is 741 g/mol. The van der Waals surface area contributed by atoms with Gasteiger partial charge >= 0.3 is 0 Å². The van der Waals surface area contributed by atoms with Crippen molar-refractivity contribution in [2.75, 3.05) is 9.80 Å². The number of benzene rings is 10. The van der Waals surface area contributed by atoms with E-state index in [9.17, 15) is 0 Å². The van der Waals surface area contributed by atoms with E-state index in [4.69, 9.17) is 0 Å². The number of hydrogen-bond acceptors (Lipinski definition) is 4. The Morgan fingerprint density at radius 2 is 0.638 bits per heavy atom. The average molecular weight is 775 g/mol. The molecule has 0 unspecified atom stereocenters. The predicted molar refractivity (Wildman–Crippen MR) is 254 cm³/mol. The molecule has 12 aromatic rings. The average Bonchev–Trinajstić information content (AvgIpc) is 3.82. The minimum atomic E-state index is 1.14. The third-order valence-corrected chi connectivity index (χ3v) is 13.8. The van der Waals surface area contributed by atoms with E-state index in [-0.39, 0.29) is 0 Å². The van der Waals surface area contributed by atoms with Crippen molar-refractivity contribution >= 4 is 129 Å². The van der Waals surface area contributed by atoms with Crippen LogP contribution in [-0.2, 0) is 0 Å². The van der Waals surface area contributed by atoms with Gasteiger partial charge in [0.1, 0.15) is 0 Å². The van der Waals surface area contributed by atoms with Gasteiger partial charge in [-0.05, 0) is 119 Å². The second-order valence-corrected chi connectivity index (χ2v) is 17.1. The van der Waals surface area contributed by atoms with Gasteiger partial charge in [0.2, 0.25) is 0 Å². The number of nitrogens with zero attached hydrogens (tertiary/aromatic N) is 2. The lowest BCUT2D eigenvalue weighted by Gasteiger charge is -2.27. The van der Waals surface area contributed by atoms with Gasteiger partial charge < -0.3 is 9.80 Å². The van der Waals surface area contributed by atoms with Crippen molar-refractivity contribution in [3.8, 4) is 0 Å². The summed E-state index contributed by atoms with van der Waals surface area (Å²) in [4.78, 5) is 4.81. The molecule has 0 saturated heterocycles. The van der Waals surface area contributed by atoms with Crippen molar-refractivity contribution in [3.63, 3.8) is 0 Å². The molecule has 0 aliphatic carbocycles. The van der Waals surface area contributed by atoms with Crippen LogP contribution >= 0.6 is 22.7 Å². The number of fused-ring (bicyclic) bond motifs is 9. The maximum Gasteiger partial charge on any atom is 0.0540 e. The van der Waals surface area contributed by atoms with Gasteiger partial charge in [0.25, 0.3) is 0 Å². The van der Waals surface area contributed by atoms with Gasteiger partial charge in [-0.2, -0.15) is 0 Å². The monoisotopic (exact) mass is 774 g/mol. The molecule has 0 fully saturated rings. The van der Waals surface area contributed by atoms with Crippen LogP contribution in [0.2, 0.25) is 0 Å². The first-order chi connectivity index (χ1) is 28.7. The second-order valence-electron chi connectivity index (χ2n) is 14.9. The maximum atomic E-state index is 2.43. The zero-order valence-electron chi connectivity index (χ0n) is 31.3. The molecule has 10 aromatic carbocycles. The number of thiophene rings is 2. The number of para-hydroxylation sites is 2. The van der Waals surface area contributed by atoms with Crippen LogP contribution in [0.3, 0.4) is 0 Å². The van der Waals surface area contributed by atoms with Crippen molar-refractivity contribution in [1.82, 2.24) is 0 Å². The Balaban J connectivity index is 1.02. The molecule has 12 rings (SSSR count). The Kier molecular flexibility index (Phi) is 7.62. The molecule has 0 N–H and O–H groups in total. The van der Waals surface area contributed by atoms with Crippen molar-refractivity contribution < 1.29 is 0 Å². The summed E-state index contributed by atoms with van der Waals surface area (Å²) in [7, 11) is 0. The molecule has 0 aliphatic rings. The van der Waals surface area contributed by atoms with Gasteiger partial charge in [-0.3, -0.25) is 0 Å². The minimum Gasteiger partial charge on any atom is -0.310 e. The molecule has 272 valence electrons. The molecule has 0 spiro atoms. The lowest BCUT2D eigenvalue weighted by molar-refractivity contribution is 1.30. The van der Waals surface area contributed by atoms with Gasteiger partial charge in [-0.15, -0.1) is 22.7 Å². The summed E-state index contributed by atoms with van der Waals surface area (Å²) in [6.07, 6.45) is 0. The number of anilines is 6.